The van der Waals surface area contributed by atoms with Gasteiger partial charge in [-0.05, 0) is 54.4 Å². The van der Waals surface area contributed by atoms with Crippen molar-refractivity contribution in [2.75, 3.05) is 26.0 Å². The van der Waals surface area contributed by atoms with E-state index in [2.05, 4.69) is 122 Å². The van der Waals surface area contributed by atoms with Crippen LogP contribution in [0.4, 0.5) is 11.4 Å². The van der Waals surface area contributed by atoms with Crippen molar-refractivity contribution in [1.29, 1.82) is 0 Å². The number of nitrogens with one attached hydrogen (secondary N) is 2. The zero-order chi connectivity index (χ0) is 26.2. The molecule has 3 aromatic carbocycles. The molecule has 4 aromatic rings. The third-order valence-electron chi connectivity index (χ3n) is 8.68. The van der Waals surface area contributed by atoms with E-state index in [9.17, 15) is 0 Å². The van der Waals surface area contributed by atoms with Gasteiger partial charge in [-0.2, -0.15) is 0 Å². The van der Waals surface area contributed by atoms with Crippen LogP contribution in [0, 0.1) is 5.41 Å². The van der Waals surface area contributed by atoms with Gasteiger partial charge in [0.2, 0.25) is 5.72 Å². The summed E-state index contributed by atoms with van der Waals surface area (Å²) in [5.74, 6) is 0.841. The van der Waals surface area contributed by atoms with Crippen LogP contribution in [0.15, 0.2) is 89.2 Å². The highest BCUT2D eigenvalue weighted by molar-refractivity contribution is 6.09. The molecule has 7 rings (SSSR count). The first-order chi connectivity index (χ1) is 18.3. The van der Waals surface area contributed by atoms with Gasteiger partial charge in [0.05, 0.1) is 6.21 Å². The number of aromatic amines is 1. The molecule has 1 fully saturated rings. The highest BCUT2D eigenvalue weighted by Gasteiger charge is 2.62. The van der Waals surface area contributed by atoms with E-state index in [1.54, 1.807) is 0 Å². The third-order valence-corrected chi connectivity index (χ3v) is 8.68. The molecule has 38 heavy (non-hydrogen) atoms. The maximum atomic E-state index is 7.17. The fourth-order valence-electron chi connectivity index (χ4n) is 6.49. The van der Waals surface area contributed by atoms with Crippen LogP contribution in [-0.2, 0) is 6.42 Å². The van der Waals surface area contributed by atoms with Crippen LogP contribution in [0.5, 0.6) is 5.75 Å². The summed E-state index contributed by atoms with van der Waals surface area (Å²) in [7, 11) is 6.28. The Labute approximate surface area is 223 Å². The van der Waals surface area contributed by atoms with E-state index in [-0.39, 0.29) is 11.6 Å². The quantitative estimate of drug-likeness (QED) is 0.353. The zero-order valence-electron chi connectivity index (χ0n) is 22.5. The molecule has 0 amide bonds. The predicted octanol–water partition coefficient (Wildman–Crippen LogP) is 6.13. The number of aliphatic imine (C=N–C) groups is 1. The molecule has 192 valence electrons. The van der Waals surface area contributed by atoms with Crippen molar-refractivity contribution < 1.29 is 4.74 Å². The van der Waals surface area contributed by atoms with Gasteiger partial charge < -0.3 is 19.9 Å². The van der Waals surface area contributed by atoms with Crippen molar-refractivity contribution in [1.82, 2.24) is 15.2 Å². The number of likely N-dealkylation sites (tertiary alicyclic amines) is 1. The number of nitrogens with zero attached hydrogens (tertiary/aromatic N) is 3. The molecule has 3 aliphatic rings. The summed E-state index contributed by atoms with van der Waals surface area (Å²) in [6, 6.07) is 19.3. The van der Waals surface area contributed by atoms with E-state index < -0.39 is 5.72 Å². The third kappa shape index (κ3) is 3.13. The molecule has 0 saturated carbocycles. The van der Waals surface area contributed by atoms with Gasteiger partial charge in [0.25, 0.3) is 0 Å². The summed E-state index contributed by atoms with van der Waals surface area (Å²) in [4.78, 5) is 12.9. The molecule has 1 spiro atoms. The number of allylic oxidation sites excluding steroid dienone is 2. The Morgan fingerprint density at radius 2 is 1.87 bits per heavy atom. The van der Waals surface area contributed by atoms with Gasteiger partial charge in [0.1, 0.15) is 11.9 Å². The van der Waals surface area contributed by atoms with Crippen molar-refractivity contribution in [3.63, 3.8) is 0 Å². The van der Waals surface area contributed by atoms with Crippen molar-refractivity contribution in [2.24, 2.45) is 10.4 Å². The maximum absolute atomic E-state index is 7.17. The average molecular weight is 504 g/mol. The Balaban J connectivity index is 1.34. The van der Waals surface area contributed by atoms with Crippen molar-refractivity contribution in [2.45, 2.75) is 32.2 Å². The minimum Gasteiger partial charge on any atom is -0.463 e. The van der Waals surface area contributed by atoms with Gasteiger partial charge in [0, 0.05) is 59.3 Å². The number of rotatable bonds is 3. The summed E-state index contributed by atoms with van der Waals surface area (Å²) < 4.78 is 7.17. The molecule has 1 saturated heterocycles. The van der Waals surface area contributed by atoms with Gasteiger partial charge >= 0.3 is 0 Å². The van der Waals surface area contributed by atoms with Crippen LogP contribution < -0.4 is 15.0 Å². The van der Waals surface area contributed by atoms with Crippen LogP contribution in [0.3, 0.4) is 0 Å². The fourth-order valence-corrected chi connectivity index (χ4v) is 6.49. The first kappa shape index (κ1) is 23.1. The number of fused-ring (bicyclic) bond motifs is 5. The van der Waals surface area contributed by atoms with Gasteiger partial charge in [-0.25, -0.2) is 4.90 Å². The Morgan fingerprint density at radius 3 is 2.66 bits per heavy atom. The number of hydrogen-bond donors (Lipinski definition) is 2. The number of dihydropyridines is 1. The molecule has 4 heterocycles. The van der Waals surface area contributed by atoms with Gasteiger partial charge in [-0.3, -0.25) is 4.99 Å². The van der Waals surface area contributed by atoms with E-state index >= 15 is 0 Å². The lowest BCUT2D eigenvalue weighted by atomic mass is 9.76. The van der Waals surface area contributed by atoms with Crippen LogP contribution in [-0.4, -0.2) is 49.1 Å². The second-order valence-corrected chi connectivity index (χ2v) is 11.4. The summed E-state index contributed by atoms with van der Waals surface area (Å²) >= 11 is 0. The monoisotopic (exact) mass is 503 g/mol. The molecule has 0 aliphatic carbocycles. The molecule has 3 aliphatic heterocycles. The van der Waals surface area contributed by atoms with E-state index in [0.29, 0.717) is 0 Å². The highest BCUT2D eigenvalue weighted by Crippen LogP contribution is 2.56. The molecule has 2 unspecified atom stereocenters. The Bertz CT molecular complexity index is 1680. The number of H-pyrrole nitrogens is 1. The zero-order valence-corrected chi connectivity index (χ0v) is 22.5. The topological polar surface area (TPSA) is 55.9 Å². The average Bonchev–Trinajstić information content (AvgIpc) is 3.43. The van der Waals surface area contributed by atoms with Crippen molar-refractivity contribution >= 4 is 39.3 Å². The Morgan fingerprint density at radius 1 is 1.05 bits per heavy atom. The van der Waals surface area contributed by atoms with Crippen LogP contribution in [0.2, 0.25) is 0 Å². The molecule has 2 N–H and O–H groups in total. The number of benzene rings is 3. The smallest absolute Gasteiger partial charge is 0.210 e. The number of likely N-dealkylation sites (N-methyl/N-ethyl adjacent to an activating group) is 1. The van der Waals surface area contributed by atoms with Crippen LogP contribution in [0.1, 0.15) is 19.4 Å². The van der Waals surface area contributed by atoms with Gasteiger partial charge in [-0.1, -0.05) is 50.3 Å². The lowest BCUT2D eigenvalue weighted by Crippen LogP contribution is -2.59. The second kappa shape index (κ2) is 7.98. The lowest BCUT2D eigenvalue weighted by molar-refractivity contribution is -0.0507. The number of aromatic nitrogens is 1. The Hall–Kier alpha value is -4.03. The SMILES string of the molecule is CN(C)c1cc2c(c3cc4cc[nH]c4cc13)OC1(C=N2)N(C)C2NC=C(Cc3ccccc3)C=C2C1(C)C. The van der Waals surface area contributed by atoms with Gasteiger partial charge in [0.15, 0.2) is 5.75 Å². The number of ether oxygens (including phenoxy) is 1. The standard InChI is InChI=1S/C32H33N5O/c1-31(2)25-14-21(13-20-9-7-6-8-10-20)18-34-30(25)37(5)32(31)19-35-27-17-28(36(3)4)23-16-26-22(11-12-33-26)15-24(23)29(27)38-32/h6-12,14-19,30,33-34H,13H2,1-5H3. The summed E-state index contributed by atoms with van der Waals surface area (Å²) in [5, 5.41) is 7.07. The second-order valence-electron chi connectivity index (χ2n) is 11.4. The maximum Gasteiger partial charge on any atom is 0.210 e. The first-order valence-electron chi connectivity index (χ1n) is 13.2. The molecule has 1 aromatic heterocycles. The molecular weight excluding hydrogens is 470 g/mol. The molecule has 2 atom stereocenters. The summed E-state index contributed by atoms with van der Waals surface area (Å²) in [6.45, 7) is 4.56. The minimum absolute atomic E-state index is 0.0289. The number of hydrogen-bond acceptors (Lipinski definition) is 5. The lowest BCUT2D eigenvalue weighted by Gasteiger charge is -2.44. The molecule has 0 bridgehead atoms. The van der Waals surface area contributed by atoms with Crippen LogP contribution >= 0.6 is 0 Å². The van der Waals surface area contributed by atoms with Crippen LogP contribution in [0.25, 0.3) is 21.7 Å². The van der Waals surface area contributed by atoms with Gasteiger partial charge in [-0.15, -0.1) is 0 Å². The molecule has 0 radical (unpaired) electrons. The molecule has 6 nitrogen and oxygen atoms in total. The summed E-state index contributed by atoms with van der Waals surface area (Å²) in [5.41, 5.74) is 5.92. The van der Waals surface area contributed by atoms with E-state index in [0.717, 1.165) is 45.2 Å². The van der Waals surface area contributed by atoms with E-state index in [1.807, 2.05) is 12.4 Å². The van der Waals surface area contributed by atoms with E-state index in [1.165, 1.54) is 16.7 Å². The van der Waals surface area contributed by atoms with E-state index in [4.69, 9.17) is 9.73 Å². The fraction of sp³-hybridized carbons (Fsp3) is 0.281. The minimum atomic E-state index is -0.737. The normalized spacial score (nSPS) is 23.6. The van der Waals surface area contributed by atoms with Crippen molar-refractivity contribution in [3.05, 3.63) is 89.8 Å². The Kier molecular flexibility index (Phi) is 4.86. The molecule has 6 heteroatoms. The van der Waals surface area contributed by atoms with Crippen molar-refractivity contribution in [3.8, 4) is 5.75 Å². The molecular formula is C32H33N5O. The number of anilines is 1. The predicted molar refractivity (Wildman–Crippen MR) is 156 cm³/mol. The summed E-state index contributed by atoms with van der Waals surface area (Å²) in [6.07, 6.45) is 9.45. The largest absolute Gasteiger partial charge is 0.463 e. The highest BCUT2D eigenvalue weighted by atomic mass is 16.5. The first-order valence-corrected chi connectivity index (χ1v) is 13.2.